The molecule has 36 heavy (non-hydrogen) atoms. The topological polar surface area (TPSA) is 80.3 Å². The van der Waals surface area contributed by atoms with Crippen LogP contribution in [0.5, 0.6) is 11.5 Å². The quantitative estimate of drug-likeness (QED) is 0.373. The van der Waals surface area contributed by atoms with Gasteiger partial charge in [-0.1, -0.05) is 30.3 Å². The highest BCUT2D eigenvalue weighted by Gasteiger charge is 2.23. The van der Waals surface area contributed by atoms with E-state index in [1.54, 1.807) is 28.2 Å². The van der Waals surface area contributed by atoms with Crippen molar-refractivity contribution in [1.82, 2.24) is 9.80 Å². The number of carbonyl (C=O) groups excluding carboxylic acids is 2. The van der Waals surface area contributed by atoms with Crippen LogP contribution in [0.4, 0.5) is 10.5 Å². The fraction of sp³-hybridized carbons (Fsp3) is 0.333. The molecule has 9 heteroatoms. The van der Waals surface area contributed by atoms with Crippen molar-refractivity contribution in [1.29, 1.82) is 0 Å². The van der Waals surface area contributed by atoms with Gasteiger partial charge in [0.25, 0.3) is 0 Å². The van der Waals surface area contributed by atoms with Gasteiger partial charge in [-0.2, -0.15) is 0 Å². The van der Waals surface area contributed by atoms with Crippen molar-refractivity contribution in [3.8, 4) is 11.5 Å². The average Bonchev–Trinajstić information content (AvgIpc) is 3.56. The number of hydrogen-bond acceptors (Lipinski definition) is 6. The zero-order valence-corrected chi connectivity index (χ0v) is 21.4. The first kappa shape index (κ1) is 25.5. The molecule has 0 radical (unpaired) electrons. The van der Waals surface area contributed by atoms with Gasteiger partial charge >= 0.3 is 6.03 Å². The fourth-order valence-electron chi connectivity index (χ4n) is 3.91. The molecule has 8 nitrogen and oxygen atoms in total. The smallest absolute Gasteiger partial charge is 0.322 e. The fourth-order valence-corrected chi connectivity index (χ4v) is 4.62. The Morgan fingerprint density at radius 3 is 2.64 bits per heavy atom. The third-order valence-corrected chi connectivity index (χ3v) is 6.73. The van der Waals surface area contributed by atoms with Crippen molar-refractivity contribution in [3.63, 3.8) is 0 Å². The average molecular weight is 510 g/mol. The van der Waals surface area contributed by atoms with Gasteiger partial charge in [0.05, 0.1) is 6.54 Å². The number of nitrogens with one attached hydrogen (secondary N) is 1. The zero-order chi connectivity index (χ0) is 25.3. The predicted molar refractivity (Wildman–Crippen MR) is 139 cm³/mol. The highest BCUT2D eigenvalue weighted by Crippen LogP contribution is 2.33. The summed E-state index contributed by atoms with van der Waals surface area (Å²) in [6.07, 6.45) is 0.623. The van der Waals surface area contributed by atoms with Crippen LogP contribution in [0.15, 0.2) is 60.0 Å². The van der Waals surface area contributed by atoms with E-state index in [1.807, 2.05) is 66.9 Å². The van der Waals surface area contributed by atoms with E-state index in [9.17, 15) is 9.59 Å². The van der Waals surface area contributed by atoms with Crippen molar-refractivity contribution >= 4 is 29.0 Å². The SMILES string of the molecule is COCCCN(CC(=O)N(Cc1ccc2c(c1)OCO2)Cc1cccs1)C(=O)Nc1ccccc1C. The van der Waals surface area contributed by atoms with Gasteiger partial charge in [0, 0.05) is 37.4 Å². The minimum atomic E-state index is -0.312. The second-order valence-corrected chi connectivity index (χ2v) is 9.56. The molecular weight excluding hydrogens is 478 g/mol. The number of anilines is 1. The molecule has 3 aromatic rings. The number of ether oxygens (including phenoxy) is 3. The number of rotatable bonds is 11. The summed E-state index contributed by atoms with van der Waals surface area (Å²) in [4.78, 5) is 31.2. The van der Waals surface area contributed by atoms with Crippen LogP contribution >= 0.6 is 11.3 Å². The second kappa shape index (κ2) is 12.4. The minimum Gasteiger partial charge on any atom is -0.454 e. The van der Waals surface area contributed by atoms with Gasteiger partial charge in [0.2, 0.25) is 12.7 Å². The molecule has 4 rings (SSSR count). The van der Waals surface area contributed by atoms with E-state index in [1.165, 1.54) is 0 Å². The molecular formula is C27H31N3O5S. The number of fused-ring (bicyclic) bond motifs is 1. The Hall–Kier alpha value is -3.56. The normalized spacial score (nSPS) is 11.8. The molecule has 0 atom stereocenters. The van der Waals surface area contributed by atoms with E-state index < -0.39 is 0 Å². The summed E-state index contributed by atoms with van der Waals surface area (Å²) >= 11 is 1.60. The largest absolute Gasteiger partial charge is 0.454 e. The maximum atomic E-state index is 13.6. The number of aryl methyl sites for hydroxylation is 1. The van der Waals surface area contributed by atoms with Crippen LogP contribution in [0.25, 0.3) is 0 Å². The molecule has 0 bridgehead atoms. The minimum absolute atomic E-state index is 0.0443. The maximum Gasteiger partial charge on any atom is 0.322 e. The molecule has 2 heterocycles. The van der Waals surface area contributed by atoms with E-state index >= 15 is 0 Å². The summed E-state index contributed by atoms with van der Waals surface area (Å²) < 4.78 is 16.1. The Morgan fingerprint density at radius 1 is 1.03 bits per heavy atom. The van der Waals surface area contributed by atoms with Crippen molar-refractivity contribution in [2.75, 3.05) is 38.9 Å². The number of amides is 3. The molecule has 0 aliphatic carbocycles. The van der Waals surface area contributed by atoms with Gasteiger partial charge in [0.15, 0.2) is 11.5 Å². The first-order valence-corrected chi connectivity index (χ1v) is 12.7. The summed E-state index contributed by atoms with van der Waals surface area (Å²) in [5, 5.41) is 4.94. The molecule has 3 amide bonds. The first-order chi connectivity index (χ1) is 17.5. The van der Waals surface area contributed by atoms with Crippen LogP contribution in [0.3, 0.4) is 0 Å². The molecule has 1 aromatic heterocycles. The van der Waals surface area contributed by atoms with Gasteiger partial charge < -0.3 is 29.3 Å². The first-order valence-electron chi connectivity index (χ1n) is 11.8. The Kier molecular flexibility index (Phi) is 8.80. The Bertz CT molecular complexity index is 1170. The van der Waals surface area contributed by atoms with Gasteiger partial charge in [-0.3, -0.25) is 4.79 Å². The summed E-state index contributed by atoms with van der Waals surface area (Å²) in [6, 6.07) is 16.9. The standard InChI is InChI=1S/C27H31N3O5S/c1-20-7-3-4-9-23(20)28-27(32)29(12-6-13-33-2)18-26(31)30(17-22-8-5-14-36-22)16-21-10-11-24-25(15-21)35-19-34-24/h3-5,7-11,14-15H,6,12-13,16-19H2,1-2H3,(H,28,32). The third kappa shape index (κ3) is 6.77. The molecule has 0 spiro atoms. The number of para-hydroxylation sites is 1. The number of methoxy groups -OCH3 is 1. The predicted octanol–water partition coefficient (Wildman–Crippen LogP) is 4.88. The van der Waals surface area contributed by atoms with Crippen LogP contribution in [0.2, 0.25) is 0 Å². The molecule has 0 saturated heterocycles. The van der Waals surface area contributed by atoms with Crippen LogP contribution in [-0.2, 0) is 22.6 Å². The molecule has 1 aliphatic rings. The summed E-state index contributed by atoms with van der Waals surface area (Å²) in [6.45, 7) is 3.83. The highest BCUT2D eigenvalue weighted by molar-refractivity contribution is 7.09. The van der Waals surface area contributed by atoms with Crippen molar-refractivity contribution < 1.29 is 23.8 Å². The number of benzene rings is 2. The van der Waals surface area contributed by atoms with Gasteiger partial charge in [-0.05, 0) is 54.1 Å². The summed E-state index contributed by atoms with van der Waals surface area (Å²) in [7, 11) is 1.62. The van der Waals surface area contributed by atoms with Crippen molar-refractivity contribution in [2.45, 2.75) is 26.4 Å². The molecule has 0 fully saturated rings. The third-order valence-electron chi connectivity index (χ3n) is 5.87. The zero-order valence-electron chi connectivity index (χ0n) is 20.6. The lowest BCUT2D eigenvalue weighted by Crippen LogP contribution is -2.44. The van der Waals surface area contributed by atoms with E-state index in [2.05, 4.69) is 5.32 Å². The van der Waals surface area contributed by atoms with Crippen molar-refractivity contribution in [3.05, 3.63) is 76.0 Å². The molecule has 1 N–H and O–H groups in total. The van der Waals surface area contributed by atoms with Crippen LogP contribution < -0.4 is 14.8 Å². The Labute approximate surface area is 215 Å². The van der Waals surface area contributed by atoms with E-state index in [0.717, 1.165) is 21.7 Å². The van der Waals surface area contributed by atoms with Crippen molar-refractivity contribution in [2.24, 2.45) is 0 Å². The highest BCUT2D eigenvalue weighted by atomic mass is 32.1. The lowest BCUT2D eigenvalue weighted by atomic mass is 10.2. The number of hydrogen-bond donors (Lipinski definition) is 1. The molecule has 190 valence electrons. The van der Waals surface area contributed by atoms with E-state index in [4.69, 9.17) is 14.2 Å². The Balaban J connectivity index is 1.50. The van der Waals surface area contributed by atoms with Crippen LogP contribution in [0.1, 0.15) is 22.4 Å². The summed E-state index contributed by atoms with van der Waals surface area (Å²) in [5.41, 5.74) is 2.61. The van der Waals surface area contributed by atoms with Crippen LogP contribution in [0, 0.1) is 6.92 Å². The van der Waals surface area contributed by atoms with E-state index in [-0.39, 0.29) is 25.3 Å². The number of urea groups is 1. The monoisotopic (exact) mass is 509 g/mol. The molecule has 2 aromatic carbocycles. The molecule has 1 aliphatic heterocycles. The van der Waals surface area contributed by atoms with Gasteiger partial charge in [0.1, 0.15) is 6.54 Å². The summed E-state index contributed by atoms with van der Waals surface area (Å²) in [5.74, 6) is 1.24. The Morgan fingerprint density at radius 2 is 1.86 bits per heavy atom. The molecule has 0 saturated carbocycles. The number of thiophene rings is 1. The maximum absolute atomic E-state index is 13.6. The number of carbonyl (C=O) groups is 2. The lowest BCUT2D eigenvalue weighted by Gasteiger charge is -2.28. The van der Waals surface area contributed by atoms with Crippen LogP contribution in [-0.4, -0.2) is 55.3 Å². The van der Waals surface area contributed by atoms with E-state index in [0.29, 0.717) is 44.2 Å². The number of nitrogens with zero attached hydrogens (tertiary/aromatic N) is 2. The second-order valence-electron chi connectivity index (χ2n) is 8.53. The van der Waals surface area contributed by atoms with Gasteiger partial charge in [-0.25, -0.2) is 4.79 Å². The van der Waals surface area contributed by atoms with Gasteiger partial charge in [-0.15, -0.1) is 11.3 Å². The lowest BCUT2D eigenvalue weighted by molar-refractivity contribution is -0.133. The molecule has 0 unspecified atom stereocenters.